The van der Waals surface area contributed by atoms with Crippen LogP contribution in [0.4, 0.5) is 0 Å². The summed E-state index contributed by atoms with van der Waals surface area (Å²) >= 11 is 1.35. The van der Waals surface area contributed by atoms with Crippen LogP contribution < -0.4 is 11.1 Å². The number of hydrogen-bond donors (Lipinski definition) is 0. The molecule has 0 N–H and O–H groups in total. The maximum absolute atomic E-state index is 12.9. The van der Waals surface area contributed by atoms with Gasteiger partial charge < -0.3 is 4.74 Å². The van der Waals surface area contributed by atoms with Crippen LogP contribution in [0.25, 0.3) is 15.7 Å². The molecule has 0 aliphatic carbocycles. The van der Waals surface area contributed by atoms with Crippen molar-refractivity contribution in [2.24, 2.45) is 0 Å². The largest absolute Gasteiger partial charge is 0.454 e. The highest BCUT2D eigenvalue weighted by Crippen LogP contribution is 2.16. The average molecular weight is 453 g/mol. The monoisotopic (exact) mass is 452 g/mol. The van der Waals surface area contributed by atoms with Crippen LogP contribution in [-0.4, -0.2) is 25.1 Å². The van der Waals surface area contributed by atoms with Crippen LogP contribution in [0.15, 0.2) is 45.3 Å². The Hall–Kier alpha value is -3.33. The Morgan fingerprint density at radius 2 is 1.91 bits per heavy atom. The van der Waals surface area contributed by atoms with Crippen molar-refractivity contribution < 1.29 is 9.53 Å². The second-order valence-corrected chi connectivity index (χ2v) is 8.48. The molecule has 32 heavy (non-hydrogen) atoms. The SMILES string of the molecule is CCCCCCn1nc(C(=O)OCc2cc(=O)n3c(C)csc3n2)c2ccccc2c1=O. The summed E-state index contributed by atoms with van der Waals surface area (Å²) in [6.07, 6.45) is 3.97. The summed E-state index contributed by atoms with van der Waals surface area (Å²) < 4.78 is 8.31. The van der Waals surface area contributed by atoms with E-state index in [0.717, 1.165) is 31.4 Å². The van der Waals surface area contributed by atoms with Gasteiger partial charge in [0.2, 0.25) is 0 Å². The summed E-state index contributed by atoms with van der Waals surface area (Å²) in [4.78, 5) is 43.0. The van der Waals surface area contributed by atoms with Crippen LogP contribution in [0.5, 0.6) is 0 Å². The van der Waals surface area contributed by atoms with Crippen LogP contribution in [0.1, 0.15) is 54.5 Å². The molecule has 0 aliphatic rings. The third-order valence-corrected chi connectivity index (χ3v) is 6.21. The molecule has 166 valence electrons. The number of esters is 1. The van der Waals surface area contributed by atoms with E-state index < -0.39 is 5.97 Å². The molecule has 0 unspecified atom stereocenters. The number of benzene rings is 1. The Labute approximate surface area is 188 Å². The van der Waals surface area contributed by atoms with E-state index in [0.29, 0.717) is 28.0 Å². The first-order valence-electron chi connectivity index (χ1n) is 10.6. The number of aryl methyl sites for hydroxylation is 2. The molecule has 0 radical (unpaired) electrons. The number of nitrogens with zero attached hydrogens (tertiary/aromatic N) is 4. The summed E-state index contributed by atoms with van der Waals surface area (Å²) in [6, 6.07) is 8.25. The second kappa shape index (κ2) is 9.44. The molecular weight excluding hydrogens is 428 g/mol. The minimum absolute atomic E-state index is 0.0838. The van der Waals surface area contributed by atoms with Gasteiger partial charge in [-0.3, -0.25) is 14.0 Å². The number of fused-ring (bicyclic) bond motifs is 2. The van der Waals surface area contributed by atoms with Gasteiger partial charge >= 0.3 is 5.97 Å². The lowest BCUT2D eigenvalue weighted by Gasteiger charge is -2.11. The fraction of sp³-hybridized carbons (Fsp3) is 0.348. The molecular formula is C23H24N4O4S. The van der Waals surface area contributed by atoms with Crippen LogP contribution >= 0.6 is 11.3 Å². The Morgan fingerprint density at radius 3 is 2.69 bits per heavy atom. The van der Waals surface area contributed by atoms with Gasteiger partial charge in [-0.05, 0) is 19.4 Å². The Balaban J connectivity index is 1.60. The zero-order valence-corrected chi connectivity index (χ0v) is 18.9. The Morgan fingerprint density at radius 1 is 1.12 bits per heavy atom. The molecule has 0 spiro atoms. The zero-order chi connectivity index (χ0) is 22.7. The van der Waals surface area contributed by atoms with Crippen molar-refractivity contribution in [1.82, 2.24) is 19.2 Å². The van der Waals surface area contributed by atoms with Crippen molar-refractivity contribution in [2.45, 2.75) is 52.7 Å². The van der Waals surface area contributed by atoms with E-state index in [1.54, 1.807) is 24.3 Å². The van der Waals surface area contributed by atoms with E-state index in [2.05, 4.69) is 17.0 Å². The molecule has 3 aromatic heterocycles. The van der Waals surface area contributed by atoms with Gasteiger partial charge in [0.25, 0.3) is 11.1 Å². The molecule has 1 aromatic carbocycles. The molecule has 3 heterocycles. The minimum atomic E-state index is -0.659. The molecule has 0 saturated carbocycles. The highest BCUT2D eigenvalue weighted by molar-refractivity contribution is 7.15. The van der Waals surface area contributed by atoms with Crippen LogP contribution in [0.2, 0.25) is 0 Å². The number of aromatic nitrogens is 4. The van der Waals surface area contributed by atoms with Crippen LogP contribution in [0.3, 0.4) is 0 Å². The van der Waals surface area contributed by atoms with Crippen molar-refractivity contribution in [1.29, 1.82) is 0 Å². The van der Waals surface area contributed by atoms with E-state index in [4.69, 9.17) is 4.74 Å². The predicted molar refractivity (Wildman–Crippen MR) is 123 cm³/mol. The van der Waals surface area contributed by atoms with Crippen molar-refractivity contribution >= 4 is 33.0 Å². The van der Waals surface area contributed by atoms with Crippen molar-refractivity contribution in [2.75, 3.05) is 0 Å². The van der Waals surface area contributed by atoms with E-state index in [-0.39, 0.29) is 23.4 Å². The quantitative estimate of drug-likeness (QED) is 0.299. The van der Waals surface area contributed by atoms with Gasteiger partial charge in [-0.1, -0.05) is 44.4 Å². The Kier molecular flexibility index (Phi) is 6.45. The maximum Gasteiger partial charge on any atom is 0.359 e. The van der Waals surface area contributed by atoms with E-state index >= 15 is 0 Å². The third-order valence-electron chi connectivity index (χ3n) is 5.26. The number of carbonyl (C=O) groups excluding carboxylic acids is 1. The Bertz CT molecular complexity index is 1400. The standard InChI is InChI=1S/C23H24N4O4S/c1-3-4-5-8-11-26-21(29)18-10-7-6-9-17(18)20(25-26)22(30)31-13-16-12-19(28)27-15(2)14-32-23(27)24-16/h6-7,9-10,12,14H,3-5,8,11,13H2,1-2H3. The molecule has 0 aliphatic heterocycles. The van der Waals surface area contributed by atoms with Crippen molar-refractivity contribution in [3.8, 4) is 0 Å². The molecule has 8 nitrogen and oxygen atoms in total. The molecule has 0 fully saturated rings. The van der Waals surface area contributed by atoms with Crippen LogP contribution in [-0.2, 0) is 17.9 Å². The molecule has 0 amide bonds. The second-order valence-electron chi connectivity index (χ2n) is 7.64. The molecule has 0 bridgehead atoms. The van der Waals surface area contributed by atoms with Gasteiger partial charge in [0, 0.05) is 29.1 Å². The summed E-state index contributed by atoms with van der Waals surface area (Å²) in [5.41, 5.74) is 0.816. The fourth-order valence-electron chi connectivity index (χ4n) is 3.61. The summed E-state index contributed by atoms with van der Waals surface area (Å²) in [7, 11) is 0. The number of unbranched alkanes of at least 4 members (excludes halogenated alkanes) is 3. The lowest BCUT2D eigenvalue weighted by atomic mass is 10.1. The molecule has 0 saturated heterocycles. The maximum atomic E-state index is 12.9. The highest BCUT2D eigenvalue weighted by atomic mass is 32.1. The topological polar surface area (TPSA) is 95.6 Å². The van der Waals surface area contributed by atoms with Gasteiger partial charge in [-0.25, -0.2) is 14.5 Å². The van der Waals surface area contributed by atoms with Gasteiger partial charge in [0.1, 0.15) is 6.61 Å². The predicted octanol–water partition coefficient (Wildman–Crippen LogP) is 3.71. The van der Waals surface area contributed by atoms with Gasteiger partial charge in [0.15, 0.2) is 10.7 Å². The first-order valence-corrected chi connectivity index (χ1v) is 11.5. The van der Waals surface area contributed by atoms with Crippen molar-refractivity contribution in [3.63, 3.8) is 0 Å². The molecule has 9 heteroatoms. The fourth-order valence-corrected chi connectivity index (χ4v) is 4.50. The van der Waals surface area contributed by atoms with E-state index in [1.807, 2.05) is 12.3 Å². The van der Waals surface area contributed by atoms with E-state index in [9.17, 15) is 14.4 Å². The van der Waals surface area contributed by atoms with Crippen LogP contribution in [0, 0.1) is 6.92 Å². The van der Waals surface area contributed by atoms with Gasteiger partial charge in [-0.15, -0.1) is 11.3 Å². The lowest BCUT2D eigenvalue weighted by molar-refractivity contribution is 0.0460. The zero-order valence-electron chi connectivity index (χ0n) is 18.0. The number of carbonyl (C=O) groups is 1. The third kappa shape index (κ3) is 4.34. The number of rotatable bonds is 8. The van der Waals surface area contributed by atoms with Gasteiger partial charge in [0.05, 0.1) is 11.1 Å². The summed E-state index contributed by atoms with van der Waals surface area (Å²) in [5.74, 6) is -0.659. The van der Waals surface area contributed by atoms with Gasteiger partial charge in [-0.2, -0.15) is 5.10 Å². The molecule has 0 atom stereocenters. The lowest BCUT2D eigenvalue weighted by Crippen LogP contribution is -2.26. The first-order chi connectivity index (χ1) is 15.5. The normalized spacial score (nSPS) is 11.3. The minimum Gasteiger partial charge on any atom is -0.454 e. The van der Waals surface area contributed by atoms with E-state index in [1.165, 1.54) is 26.5 Å². The molecule has 4 rings (SSSR count). The summed E-state index contributed by atoms with van der Waals surface area (Å²) in [6.45, 7) is 4.24. The summed E-state index contributed by atoms with van der Waals surface area (Å²) in [5, 5.41) is 7.05. The number of ether oxygens (including phenoxy) is 1. The average Bonchev–Trinajstić information content (AvgIpc) is 3.17. The molecule has 4 aromatic rings. The first kappa shape index (κ1) is 21.9. The van der Waals surface area contributed by atoms with Crippen molar-refractivity contribution in [3.05, 3.63) is 73.5 Å². The highest BCUT2D eigenvalue weighted by Gasteiger charge is 2.18. The number of thiazole rings is 1. The number of hydrogen-bond acceptors (Lipinski definition) is 7. The smallest absolute Gasteiger partial charge is 0.359 e.